The van der Waals surface area contributed by atoms with Crippen LogP contribution in [0.15, 0.2) is 30.3 Å². The number of nitrogens with zero attached hydrogens (tertiary/aromatic N) is 1. The van der Waals surface area contributed by atoms with Crippen LogP contribution in [0.4, 0.5) is 0 Å². The van der Waals surface area contributed by atoms with Crippen LogP contribution in [0.3, 0.4) is 0 Å². The van der Waals surface area contributed by atoms with E-state index >= 15 is 0 Å². The van der Waals surface area contributed by atoms with Gasteiger partial charge in [0.05, 0.1) is 13.0 Å². The topological polar surface area (TPSA) is 49.8 Å². The van der Waals surface area contributed by atoms with Crippen molar-refractivity contribution in [2.24, 2.45) is 0 Å². The van der Waals surface area contributed by atoms with Crippen molar-refractivity contribution in [2.45, 2.75) is 38.8 Å². The summed E-state index contributed by atoms with van der Waals surface area (Å²) in [6.45, 7) is 5.59. The molecule has 0 fully saturated rings. The summed E-state index contributed by atoms with van der Waals surface area (Å²) in [5.74, 6) is -0.774. The Morgan fingerprint density at radius 3 is 2.50 bits per heavy atom. The van der Waals surface area contributed by atoms with E-state index in [9.17, 15) is 9.90 Å². The van der Waals surface area contributed by atoms with E-state index in [1.807, 2.05) is 30.3 Å². The lowest BCUT2D eigenvalue weighted by Crippen LogP contribution is -2.39. The fourth-order valence-electron chi connectivity index (χ4n) is 2.38. The van der Waals surface area contributed by atoms with Crippen LogP contribution in [-0.4, -0.2) is 42.3 Å². The van der Waals surface area contributed by atoms with Crippen LogP contribution in [0, 0.1) is 0 Å². The summed E-state index contributed by atoms with van der Waals surface area (Å²) in [4.78, 5) is 13.4. The number of rotatable bonds is 9. The van der Waals surface area contributed by atoms with Crippen molar-refractivity contribution in [3.8, 4) is 0 Å². The summed E-state index contributed by atoms with van der Waals surface area (Å²) in [5, 5.41) is 9.22. The Morgan fingerprint density at radius 1 is 1.35 bits per heavy atom. The lowest BCUT2D eigenvalue weighted by molar-refractivity contribution is -0.138. The van der Waals surface area contributed by atoms with Crippen molar-refractivity contribution in [1.82, 2.24) is 4.90 Å². The molecule has 20 heavy (non-hydrogen) atoms. The molecule has 1 aromatic rings. The maximum atomic E-state index is 11.2. The third kappa shape index (κ3) is 4.94. The van der Waals surface area contributed by atoms with Gasteiger partial charge in [0.15, 0.2) is 0 Å². The molecule has 2 atom stereocenters. The zero-order valence-electron chi connectivity index (χ0n) is 12.6. The van der Waals surface area contributed by atoms with Gasteiger partial charge < -0.3 is 9.84 Å². The van der Waals surface area contributed by atoms with Gasteiger partial charge in [0.25, 0.3) is 0 Å². The molecule has 2 unspecified atom stereocenters. The van der Waals surface area contributed by atoms with E-state index in [1.165, 1.54) is 0 Å². The van der Waals surface area contributed by atoms with E-state index in [0.29, 0.717) is 12.6 Å². The van der Waals surface area contributed by atoms with Crippen LogP contribution in [0.2, 0.25) is 0 Å². The van der Waals surface area contributed by atoms with Crippen LogP contribution >= 0.6 is 0 Å². The van der Waals surface area contributed by atoms with Crippen LogP contribution in [0.5, 0.6) is 0 Å². The number of carboxylic acid groups (broad SMARTS) is 1. The molecule has 0 aliphatic heterocycles. The molecule has 0 aromatic heterocycles. The van der Waals surface area contributed by atoms with Crippen molar-refractivity contribution in [3.63, 3.8) is 0 Å². The monoisotopic (exact) mass is 279 g/mol. The number of carbonyl (C=O) groups is 1. The van der Waals surface area contributed by atoms with Gasteiger partial charge in [-0.1, -0.05) is 37.3 Å². The number of ether oxygens (including phenoxy) is 1. The quantitative estimate of drug-likeness (QED) is 0.755. The summed E-state index contributed by atoms with van der Waals surface area (Å²) in [5.41, 5.74) is 1.05. The first-order valence-corrected chi connectivity index (χ1v) is 7.11. The van der Waals surface area contributed by atoms with Crippen molar-refractivity contribution in [3.05, 3.63) is 35.9 Å². The van der Waals surface area contributed by atoms with Crippen molar-refractivity contribution < 1.29 is 14.6 Å². The molecule has 0 aliphatic rings. The molecule has 0 radical (unpaired) electrons. The molecule has 1 rings (SSSR count). The second-order valence-electron chi connectivity index (χ2n) is 5.01. The average molecular weight is 279 g/mol. The molecule has 0 saturated heterocycles. The highest BCUT2D eigenvalue weighted by Crippen LogP contribution is 2.27. The van der Waals surface area contributed by atoms with Crippen LogP contribution < -0.4 is 0 Å². The molecule has 0 spiro atoms. The summed E-state index contributed by atoms with van der Waals surface area (Å²) >= 11 is 0. The molecule has 112 valence electrons. The fraction of sp³-hybridized carbons (Fsp3) is 0.562. The smallest absolute Gasteiger partial charge is 0.305 e. The van der Waals surface area contributed by atoms with Gasteiger partial charge in [0, 0.05) is 25.7 Å². The van der Waals surface area contributed by atoms with Gasteiger partial charge in [-0.2, -0.15) is 0 Å². The van der Waals surface area contributed by atoms with Gasteiger partial charge >= 0.3 is 5.97 Å². The average Bonchev–Trinajstić information content (AvgIpc) is 2.46. The summed E-state index contributed by atoms with van der Waals surface area (Å²) in [6, 6.07) is 10.0. The predicted molar refractivity (Wildman–Crippen MR) is 79.8 cm³/mol. The SMILES string of the molecule is CCC(C)N(CCOC)C(CC(=O)O)c1ccccc1. The normalized spacial score (nSPS) is 14.2. The van der Waals surface area contributed by atoms with E-state index in [0.717, 1.165) is 18.5 Å². The highest BCUT2D eigenvalue weighted by atomic mass is 16.5. The molecule has 4 heteroatoms. The second kappa shape index (κ2) is 8.72. The van der Waals surface area contributed by atoms with Crippen molar-refractivity contribution in [1.29, 1.82) is 0 Å². The van der Waals surface area contributed by atoms with E-state index in [2.05, 4.69) is 18.7 Å². The molecule has 0 amide bonds. The fourth-order valence-corrected chi connectivity index (χ4v) is 2.38. The number of hydrogen-bond donors (Lipinski definition) is 1. The van der Waals surface area contributed by atoms with E-state index in [4.69, 9.17) is 4.74 Å². The minimum atomic E-state index is -0.774. The third-order valence-electron chi connectivity index (χ3n) is 3.66. The number of carboxylic acids is 1. The van der Waals surface area contributed by atoms with E-state index in [-0.39, 0.29) is 12.5 Å². The first kappa shape index (κ1) is 16.7. The number of benzene rings is 1. The van der Waals surface area contributed by atoms with Gasteiger partial charge in [-0.25, -0.2) is 0 Å². The Morgan fingerprint density at radius 2 is 2.00 bits per heavy atom. The third-order valence-corrected chi connectivity index (χ3v) is 3.66. The predicted octanol–water partition coefficient (Wildman–Crippen LogP) is 2.95. The number of methoxy groups -OCH3 is 1. The Bertz CT molecular complexity index is 394. The number of aliphatic carboxylic acids is 1. The van der Waals surface area contributed by atoms with Gasteiger partial charge in [-0.3, -0.25) is 9.69 Å². The van der Waals surface area contributed by atoms with E-state index in [1.54, 1.807) is 7.11 Å². The molecule has 1 aromatic carbocycles. The second-order valence-corrected chi connectivity index (χ2v) is 5.01. The minimum absolute atomic E-state index is 0.109. The highest BCUT2D eigenvalue weighted by Gasteiger charge is 2.26. The Kier molecular flexibility index (Phi) is 7.26. The van der Waals surface area contributed by atoms with Gasteiger partial charge in [-0.05, 0) is 18.9 Å². The number of hydrogen-bond acceptors (Lipinski definition) is 3. The first-order chi connectivity index (χ1) is 9.60. The first-order valence-electron chi connectivity index (χ1n) is 7.11. The van der Waals surface area contributed by atoms with Crippen LogP contribution in [0.25, 0.3) is 0 Å². The Labute approximate surface area is 121 Å². The zero-order chi connectivity index (χ0) is 15.0. The minimum Gasteiger partial charge on any atom is -0.481 e. The molecule has 0 bridgehead atoms. The lowest BCUT2D eigenvalue weighted by Gasteiger charge is -2.35. The lowest BCUT2D eigenvalue weighted by atomic mass is 9.99. The van der Waals surface area contributed by atoms with E-state index < -0.39 is 5.97 Å². The molecular formula is C16H25NO3. The maximum Gasteiger partial charge on any atom is 0.305 e. The van der Waals surface area contributed by atoms with Gasteiger partial charge in [-0.15, -0.1) is 0 Å². The molecule has 0 aliphatic carbocycles. The maximum absolute atomic E-state index is 11.2. The summed E-state index contributed by atoms with van der Waals surface area (Å²) < 4.78 is 5.17. The largest absolute Gasteiger partial charge is 0.481 e. The molecule has 4 nitrogen and oxygen atoms in total. The Balaban J connectivity index is 3.00. The van der Waals surface area contributed by atoms with Crippen molar-refractivity contribution >= 4 is 5.97 Å². The van der Waals surface area contributed by atoms with Crippen LogP contribution in [-0.2, 0) is 9.53 Å². The molecule has 1 N–H and O–H groups in total. The van der Waals surface area contributed by atoms with Crippen LogP contribution in [0.1, 0.15) is 38.3 Å². The molecular weight excluding hydrogens is 254 g/mol. The molecule has 0 saturated carbocycles. The van der Waals surface area contributed by atoms with Gasteiger partial charge in [0.2, 0.25) is 0 Å². The Hall–Kier alpha value is -1.39. The molecule has 0 heterocycles. The zero-order valence-corrected chi connectivity index (χ0v) is 12.6. The van der Waals surface area contributed by atoms with Gasteiger partial charge in [0.1, 0.15) is 0 Å². The summed E-state index contributed by atoms with van der Waals surface area (Å²) in [7, 11) is 1.67. The standard InChI is InChI=1S/C16H25NO3/c1-4-13(2)17(10-11-20-3)15(12-16(18)19)14-8-6-5-7-9-14/h5-9,13,15H,4,10-12H2,1-3H3,(H,18,19). The van der Waals surface area contributed by atoms with Crippen molar-refractivity contribution in [2.75, 3.05) is 20.3 Å². The summed E-state index contributed by atoms with van der Waals surface area (Å²) in [6.07, 6.45) is 1.09. The highest BCUT2D eigenvalue weighted by molar-refractivity contribution is 5.68.